The van der Waals surface area contributed by atoms with E-state index in [1.165, 1.54) is 33.3 Å². The smallest absolute Gasteiger partial charge is 0.164 e. The van der Waals surface area contributed by atoms with Gasteiger partial charge in [-0.15, -0.1) is 0 Å². The first-order valence-corrected chi connectivity index (χ1v) is 24.6. The number of fused-ring (bicyclic) bond motifs is 12. The topological polar surface area (TPSA) is 53.0 Å². The van der Waals surface area contributed by atoms with Crippen LogP contribution >= 0.6 is 0 Å². The molecule has 68 heavy (non-hydrogen) atoms. The summed E-state index contributed by atoms with van der Waals surface area (Å²) >= 11 is 0. The number of hydrogen-bond acceptors (Lipinski definition) is 4. The molecule has 0 saturated heterocycles. The molecule has 0 N–H and O–H groups in total. The lowest BCUT2D eigenvalue weighted by atomic mass is 9.78. The molecule has 0 bridgehead atoms. The third kappa shape index (κ3) is 6.72. The van der Waals surface area contributed by atoms with Crippen LogP contribution in [-0.2, 0) is 34.7 Å². The van der Waals surface area contributed by atoms with E-state index in [1.807, 2.05) is 0 Å². The summed E-state index contributed by atoms with van der Waals surface area (Å²) in [6.07, 6.45) is 0. The van der Waals surface area contributed by atoms with E-state index >= 15 is 0 Å². The van der Waals surface area contributed by atoms with E-state index in [2.05, 4.69) is 215 Å². The lowest BCUT2D eigenvalue weighted by Gasteiger charge is -2.29. The van der Waals surface area contributed by atoms with Crippen molar-refractivity contribution in [3.63, 3.8) is 0 Å². The fourth-order valence-corrected chi connectivity index (χ4v) is 10.6. The molecule has 0 amide bonds. The van der Waals surface area contributed by atoms with E-state index in [-0.39, 0.29) is 21.7 Å². The molecule has 0 spiro atoms. The standard InChI is InChI=1S/C62H64N4O2/c1-15-65-45-23-19-17-21-41(45)51-47(65)27-25-43-55(51)67-57-49(35-29-37(59(3,4)5)33-38(30-35)60(6,7)8)54-58(50(53(57)63-43)36-31-39(61(9,10)11)34-40(32-36)62(12,13)14)68-56-44(64-54)26-28-48-52(56)42-22-18-20-24-46(42)66(48)16-2/h17-34H,15-16H2,1-14H3. The summed E-state index contributed by atoms with van der Waals surface area (Å²) in [6, 6.07) is 40.3. The van der Waals surface area contributed by atoms with Crippen LogP contribution in [0.3, 0.4) is 0 Å². The van der Waals surface area contributed by atoms with Gasteiger partial charge in [-0.3, -0.25) is 0 Å². The molecule has 6 heteroatoms. The molecule has 0 radical (unpaired) electrons. The van der Waals surface area contributed by atoms with Crippen LogP contribution in [-0.4, -0.2) is 9.13 Å². The predicted octanol–water partition coefficient (Wildman–Crippen LogP) is 16.6. The Bertz CT molecular complexity index is 3430. The van der Waals surface area contributed by atoms with Crippen LogP contribution in [0.5, 0.6) is 23.0 Å². The molecule has 2 aliphatic heterocycles. The van der Waals surface area contributed by atoms with Crippen LogP contribution in [0.15, 0.2) is 119 Å². The highest BCUT2D eigenvalue weighted by Gasteiger charge is 2.35. The lowest BCUT2D eigenvalue weighted by molar-refractivity contribution is 0.460. The van der Waals surface area contributed by atoms with Crippen LogP contribution < -0.4 is 20.2 Å². The van der Waals surface area contributed by atoms with Crippen molar-refractivity contribution in [1.82, 2.24) is 9.13 Å². The first-order valence-electron chi connectivity index (χ1n) is 24.6. The van der Waals surface area contributed by atoms with Gasteiger partial charge in [0.15, 0.2) is 23.0 Å². The predicted molar refractivity (Wildman–Crippen MR) is 284 cm³/mol. The number of hydrogen-bond donors (Lipinski definition) is 0. The van der Waals surface area contributed by atoms with Crippen molar-refractivity contribution in [1.29, 1.82) is 0 Å². The van der Waals surface area contributed by atoms with E-state index in [0.29, 0.717) is 11.5 Å². The second-order valence-corrected chi connectivity index (χ2v) is 23.3. The minimum Gasteiger partial charge on any atom is -0.451 e. The SMILES string of the molecule is CCn1c2ccccc2c2c3c(ccc21)N=c1c(c(-c2cc(C(C)(C)C)cc(C(C)(C)C)c2)c2c(c1-c1cc(C(C)(C)C)cc(C(C)(C)C)c1)Oc1c(ccc4c1c1ccccc1n4CC)N=2)O3. The van der Waals surface area contributed by atoms with Gasteiger partial charge in [-0.2, -0.15) is 0 Å². The van der Waals surface area contributed by atoms with Crippen molar-refractivity contribution >= 4 is 55.0 Å². The van der Waals surface area contributed by atoms with E-state index in [4.69, 9.17) is 19.5 Å². The summed E-state index contributed by atoms with van der Waals surface area (Å²) in [6.45, 7) is 33.6. The minimum absolute atomic E-state index is 0.141. The van der Waals surface area contributed by atoms with E-state index in [9.17, 15) is 0 Å². The van der Waals surface area contributed by atoms with Gasteiger partial charge in [0.2, 0.25) is 0 Å². The average Bonchev–Trinajstić information content (AvgIpc) is 3.80. The van der Waals surface area contributed by atoms with Gasteiger partial charge in [0, 0.05) is 34.9 Å². The molecule has 0 atom stereocenters. The number of aromatic nitrogens is 2. The monoisotopic (exact) mass is 897 g/mol. The lowest BCUT2D eigenvalue weighted by Crippen LogP contribution is -2.26. The minimum atomic E-state index is -0.141. The highest BCUT2D eigenvalue weighted by molar-refractivity contribution is 6.14. The highest BCUT2D eigenvalue weighted by Crippen LogP contribution is 2.52. The summed E-state index contributed by atoms with van der Waals surface area (Å²) in [7, 11) is 0. The number of benzene rings is 7. The Morgan fingerprint density at radius 1 is 0.397 bits per heavy atom. The Kier molecular flexibility index (Phi) is 9.63. The van der Waals surface area contributed by atoms with Gasteiger partial charge in [-0.1, -0.05) is 156 Å². The van der Waals surface area contributed by atoms with Gasteiger partial charge in [0.25, 0.3) is 0 Å². The Morgan fingerprint density at radius 2 is 0.735 bits per heavy atom. The zero-order valence-corrected chi connectivity index (χ0v) is 42.4. The molecule has 6 nitrogen and oxygen atoms in total. The molecule has 0 fully saturated rings. The maximum Gasteiger partial charge on any atom is 0.164 e. The third-order valence-electron chi connectivity index (χ3n) is 14.5. The number of aryl methyl sites for hydroxylation is 2. The van der Waals surface area contributed by atoms with Gasteiger partial charge < -0.3 is 18.6 Å². The molecular weight excluding hydrogens is 833 g/mol. The van der Waals surface area contributed by atoms with Crippen molar-refractivity contribution in [2.24, 2.45) is 9.98 Å². The molecule has 4 heterocycles. The van der Waals surface area contributed by atoms with Gasteiger partial charge in [-0.25, -0.2) is 9.98 Å². The first kappa shape index (κ1) is 43.9. The zero-order chi connectivity index (χ0) is 48.0. The van der Waals surface area contributed by atoms with Crippen molar-refractivity contribution in [2.75, 3.05) is 0 Å². The Morgan fingerprint density at radius 3 is 1.06 bits per heavy atom. The third-order valence-corrected chi connectivity index (χ3v) is 14.5. The Balaban J connectivity index is 1.36. The maximum absolute atomic E-state index is 7.72. The van der Waals surface area contributed by atoms with E-state index in [1.54, 1.807) is 0 Å². The van der Waals surface area contributed by atoms with Gasteiger partial charge >= 0.3 is 0 Å². The van der Waals surface area contributed by atoms with Crippen LogP contribution in [0.4, 0.5) is 11.4 Å². The number of ether oxygens (including phenoxy) is 2. The number of rotatable bonds is 4. The Hall–Kier alpha value is -6.66. The second-order valence-electron chi connectivity index (χ2n) is 23.3. The van der Waals surface area contributed by atoms with Crippen molar-refractivity contribution in [3.8, 4) is 45.3 Å². The first-order chi connectivity index (χ1) is 32.1. The zero-order valence-electron chi connectivity index (χ0n) is 42.4. The summed E-state index contributed by atoms with van der Waals surface area (Å²) in [4.78, 5) is 11.6. The molecule has 344 valence electrons. The largest absolute Gasteiger partial charge is 0.451 e. The van der Waals surface area contributed by atoms with Crippen LogP contribution in [0, 0.1) is 0 Å². The van der Waals surface area contributed by atoms with Crippen molar-refractivity contribution in [3.05, 3.63) is 142 Å². The quantitative estimate of drug-likeness (QED) is 0.177. The fraction of sp³-hybridized carbons (Fsp3) is 0.323. The molecule has 11 rings (SSSR count). The summed E-state index contributed by atoms with van der Waals surface area (Å²) < 4.78 is 20.2. The average molecular weight is 897 g/mol. The fourth-order valence-electron chi connectivity index (χ4n) is 10.6. The van der Waals surface area contributed by atoms with Gasteiger partial charge in [0.1, 0.15) is 22.1 Å². The molecule has 2 aromatic heterocycles. The second kappa shape index (κ2) is 14.9. The van der Waals surface area contributed by atoms with Gasteiger partial charge in [0.05, 0.1) is 32.9 Å². The van der Waals surface area contributed by atoms with E-state index in [0.717, 1.165) is 102 Å². The van der Waals surface area contributed by atoms with Crippen molar-refractivity contribution in [2.45, 2.75) is 132 Å². The summed E-state index contributed by atoms with van der Waals surface area (Å²) in [5.41, 5.74) is 14.4. The number of nitrogens with zero attached hydrogens (tertiary/aromatic N) is 4. The molecule has 7 aromatic carbocycles. The van der Waals surface area contributed by atoms with Crippen LogP contribution in [0.2, 0.25) is 0 Å². The normalized spacial score (nSPS) is 13.7. The molecule has 2 aliphatic rings. The highest BCUT2D eigenvalue weighted by atomic mass is 16.5. The van der Waals surface area contributed by atoms with E-state index < -0.39 is 0 Å². The molecule has 0 unspecified atom stereocenters. The molecule has 0 aliphatic carbocycles. The summed E-state index contributed by atoms with van der Waals surface area (Å²) in [5, 5.41) is 5.92. The Labute approximate surface area is 401 Å². The summed E-state index contributed by atoms with van der Waals surface area (Å²) in [5.74, 6) is 2.91. The maximum atomic E-state index is 7.72. The molecule has 0 saturated carbocycles. The van der Waals surface area contributed by atoms with Crippen LogP contribution in [0.25, 0.3) is 65.9 Å². The van der Waals surface area contributed by atoms with Crippen molar-refractivity contribution < 1.29 is 9.47 Å². The van der Waals surface area contributed by atoms with Gasteiger partial charge in [-0.05, 0) is 105 Å². The molecule has 9 aromatic rings. The number of para-hydroxylation sites is 2. The molecular formula is C62H64N4O2. The van der Waals surface area contributed by atoms with Crippen LogP contribution in [0.1, 0.15) is 119 Å².